The normalized spacial score (nSPS) is 28.4. The van der Waals surface area contributed by atoms with Gasteiger partial charge in [0, 0.05) is 5.56 Å². The molecule has 0 bridgehead atoms. The van der Waals surface area contributed by atoms with Crippen molar-refractivity contribution >= 4 is 12.6 Å². The Morgan fingerprint density at radius 2 is 1.62 bits per heavy atom. The van der Waals surface area contributed by atoms with Crippen molar-refractivity contribution < 1.29 is 30.0 Å². The first-order valence-corrected chi connectivity index (χ1v) is 12.4. The van der Waals surface area contributed by atoms with Crippen molar-refractivity contribution in [2.45, 2.75) is 84.7 Å². The summed E-state index contributed by atoms with van der Waals surface area (Å²) in [5.74, 6) is -1.31. The number of phenols is 3. The van der Waals surface area contributed by atoms with Crippen LogP contribution in [0.25, 0.3) is 0 Å². The number of allylic oxidation sites excluding steroid dienone is 1. The molecule has 6 heteroatoms. The second-order valence-electron chi connectivity index (χ2n) is 11.7. The molecule has 3 rings (SSSR count). The zero-order valence-corrected chi connectivity index (χ0v) is 21.1. The number of hydrogen-bond donors (Lipinski definition) is 4. The minimum absolute atomic E-state index is 0.0495. The lowest BCUT2D eigenvalue weighted by atomic mass is 9.48. The Morgan fingerprint density at radius 1 is 1.06 bits per heavy atom. The third-order valence-corrected chi connectivity index (χ3v) is 8.81. The highest BCUT2D eigenvalue weighted by atomic mass is 16.3. The number of aldehydes is 2. The van der Waals surface area contributed by atoms with Crippen LogP contribution in [-0.4, -0.2) is 38.6 Å². The molecule has 0 aromatic heterocycles. The Kier molecular flexibility index (Phi) is 7.24. The molecule has 2 aliphatic rings. The molecule has 6 nitrogen and oxygen atoms in total. The Bertz CT molecular complexity index is 937. The number of hydrogen-bond acceptors (Lipinski definition) is 6. The molecule has 2 aliphatic carbocycles. The largest absolute Gasteiger partial charge is 0.507 e. The summed E-state index contributed by atoms with van der Waals surface area (Å²) in [5.41, 5.74) is -0.338. The molecule has 0 aliphatic heterocycles. The zero-order chi connectivity index (χ0) is 25.6. The topological polar surface area (TPSA) is 115 Å². The van der Waals surface area contributed by atoms with Crippen molar-refractivity contribution in [1.29, 1.82) is 0 Å². The van der Waals surface area contributed by atoms with E-state index in [0.717, 1.165) is 32.1 Å². The average Bonchev–Trinajstić information content (AvgIpc) is 2.72. The van der Waals surface area contributed by atoms with Crippen LogP contribution in [0.2, 0.25) is 0 Å². The van der Waals surface area contributed by atoms with Crippen molar-refractivity contribution in [2.24, 2.45) is 29.1 Å². The van der Waals surface area contributed by atoms with Crippen molar-refractivity contribution in [3.8, 4) is 17.2 Å². The summed E-state index contributed by atoms with van der Waals surface area (Å²) < 4.78 is 0. The maximum atomic E-state index is 11.7. The van der Waals surface area contributed by atoms with Crippen LogP contribution in [-0.2, 0) is 0 Å². The predicted octanol–water partition coefficient (Wildman–Crippen LogP) is 5.72. The van der Waals surface area contributed by atoms with Crippen molar-refractivity contribution in [3.05, 3.63) is 28.8 Å². The molecule has 2 saturated carbocycles. The van der Waals surface area contributed by atoms with Crippen molar-refractivity contribution in [3.63, 3.8) is 0 Å². The second-order valence-corrected chi connectivity index (χ2v) is 11.7. The van der Waals surface area contributed by atoms with Crippen LogP contribution >= 0.6 is 0 Å². The Hall–Kier alpha value is -2.34. The molecule has 1 aromatic rings. The molecule has 5 atom stereocenters. The zero-order valence-electron chi connectivity index (χ0n) is 21.1. The number of aromatic hydroxyl groups is 3. The highest BCUT2D eigenvalue weighted by Crippen LogP contribution is 2.63. The predicted molar refractivity (Wildman–Crippen MR) is 132 cm³/mol. The van der Waals surface area contributed by atoms with Gasteiger partial charge in [-0.05, 0) is 87.4 Å². The van der Waals surface area contributed by atoms with E-state index in [1.807, 2.05) is 13.8 Å². The lowest BCUT2D eigenvalue weighted by Gasteiger charge is -2.57. The fourth-order valence-corrected chi connectivity index (χ4v) is 6.89. The summed E-state index contributed by atoms with van der Waals surface area (Å²) in [5, 5.41) is 43.1. The van der Waals surface area contributed by atoms with Gasteiger partial charge in [0.1, 0.15) is 17.2 Å². The van der Waals surface area contributed by atoms with Crippen LogP contribution in [0.3, 0.4) is 0 Å². The minimum Gasteiger partial charge on any atom is -0.507 e. The molecule has 0 unspecified atom stereocenters. The highest BCUT2D eigenvalue weighted by molar-refractivity contribution is 5.95. The molecular formula is C28H40O6. The van der Waals surface area contributed by atoms with E-state index in [4.69, 9.17) is 0 Å². The van der Waals surface area contributed by atoms with Gasteiger partial charge in [-0.25, -0.2) is 0 Å². The van der Waals surface area contributed by atoms with E-state index < -0.39 is 22.8 Å². The lowest BCUT2D eigenvalue weighted by molar-refractivity contribution is -0.0652. The van der Waals surface area contributed by atoms with Gasteiger partial charge in [0.05, 0.1) is 16.7 Å². The first-order chi connectivity index (χ1) is 15.8. The molecule has 0 saturated heterocycles. The van der Waals surface area contributed by atoms with Gasteiger partial charge < -0.3 is 20.4 Å². The fraction of sp³-hybridized carbons (Fsp3) is 0.643. The Morgan fingerprint density at radius 3 is 2.09 bits per heavy atom. The van der Waals surface area contributed by atoms with E-state index in [1.54, 1.807) is 0 Å². The van der Waals surface area contributed by atoms with Gasteiger partial charge in [-0.3, -0.25) is 9.59 Å². The van der Waals surface area contributed by atoms with E-state index in [0.29, 0.717) is 19.0 Å². The first kappa shape index (κ1) is 26.3. The number of carbonyl (C=O) groups is 2. The highest BCUT2D eigenvalue weighted by Gasteiger charge is 2.53. The maximum Gasteiger partial charge on any atom is 0.157 e. The summed E-state index contributed by atoms with van der Waals surface area (Å²) in [7, 11) is 0. The van der Waals surface area contributed by atoms with Crippen LogP contribution in [0.1, 0.15) is 105 Å². The lowest BCUT2D eigenvalue weighted by Crippen LogP contribution is -2.49. The van der Waals surface area contributed by atoms with Crippen LogP contribution < -0.4 is 0 Å². The molecule has 1 aromatic carbocycles. The maximum absolute atomic E-state index is 11.7. The van der Waals surface area contributed by atoms with Crippen LogP contribution in [0.15, 0.2) is 12.2 Å². The third-order valence-electron chi connectivity index (χ3n) is 8.81. The second kappa shape index (κ2) is 9.37. The molecule has 0 amide bonds. The number of carbonyl (C=O) groups excluding carboxylic acids is 2. The average molecular weight is 473 g/mol. The van der Waals surface area contributed by atoms with E-state index >= 15 is 0 Å². The smallest absolute Gasteiger partial charge is 0.157 e. The number of fused-ring (bicyclic) bond motifs is 1. The molecule has 0 radical (unpaired) electrons. The van der Waals surface area contributed by atoms with Gasteiger partial charge in [-0.1, -0.05) is 32.9 Å². The Balaban J connectivity index is 2.17. The summed E-state index contributed by atoms with van der Waals surface area (Å²) in [6.07, 6.45) is 5.46. The van der Waals surface area contributed by atoms with Gasteiger partial charge in [0.25, 0.3) is 0 Å². The molecule has 34 heavy (non-hydrogen) atoms. The van der Waals surface area contributed by atoms with Gasteiger partial charge in [0.2, 0.25) is 0 Å². The fourth-order valence-electron chi connectivity index (χ4n) is 6.89. The Labute approximate surface area is 202 Å². The van der Waals surface area contributed by atoms with E-state index in [-0.39, 0.29) is 51.7 Å². The van der Waals surface area contributed by atoms with E-state index in [1.165, 1.54) is 5.57 Å². The number of phenolic OH excluding ortho intramolecular Hbond substituents is 3. The van der Waals surface area contributed by atoms with E-state index in [2.05, 4.69) is 27.4 Å². The minimum atomic E-state index is -0.781. The van der Waals surface area contributed by atoms with Gasteiger partial charge >= 0.3 is 0 Å². The van der Waals surface area contributed by atoms with Crippen LogP contribution in [0, 0.1) is 29.1 Å². The molecule has 0 heterocycles. The first-order valence-electron chi connectivity index (χ1n) is 12.4. The standard InChI is InChI=1S/C28H40O6/c1-15(2)11-18(23-25(32)19(13-29)24(31)20(14-30)26(23)33)21-8-7-16(3)22-12-17(27(4,5)34)9-10-28(21,22)6/h13-15,17-18,21-22,31-34H,3,7-12H2,1-2,4-6H3/t17-,18-,21+,22+,28+/m0/s1. The van der Waals surface area contributed by atoms with Gasteiger partial charge in [0.15, 0.2) is 12.6 Å². The molecule has 0 spiro atoms. The number of aliphatic hydroxyl groups is 1. The molecule has 4 N–H and O–H groups in total. The van der Waals surface area contributed by atoms with Gasteiger partial charge in [-0.15, -0.1) is 0 Å². The summed E-state index contributed by atoms with van der Waals surface area (Å²) in [6.45, 7) is 14.5. The summed E-state index contributed by atoms with van der Waals surface area (Å²) in [4.78, 5) is 23.4. The molecule has 188 valence electrons. The number of rotatable bonds is 7. The molecular weight excluding hydrogens is 432 g/mol. The van der Waals surface area contributed by atoms with Crippen LogP contribution in [0.4, 0.5) is 0 Å². The number of benzene rings is 1. The molecule has 2 fully saturated rings. The SMILES string of the molecule is C=C1CC[C@H]([C@H](CC(C)C)c2c(O)c(C=O)c(O)c(C=O)c2O)[C@@]2(C)CC[C@H](C(C)(C)O)C[C@H]12. The summed E-state index contributed by atoms with van der Waals surface area (Å²) in [6, 6.07) is 0. The van der Waals surface area contributed by atoms with Crippen LogP contribution in [0.5, 0.6) is 17.2 Å². The van der Waals surface area contributed by atoms with E-state index in [9.17, 15) is 30.0 Å². The quantitative estimate of drug-likeness (QED) is 0.298. The third kappa shape index (κ3) is 4.37. The summed E-state index contributed by atoms with van der Waals surface area (Å²) >= 11 is 0. The van der Waals surface area contributed by atoms with Gasteiger partial charge in [-0.2, -0.15) is 0 Å². The monoisotopic (exact) mass is 472 g/mol. The van der Waals surface area contributed by atoms with Crippen molar-refractivity contribution in [2.75, 3.05) is 0 Å². The van der Waals surface area contributed by atoms with Crippen molar-refractivity contribution in [1.82, 2.24) is 0 Å².